The summed E-state index contributed by atoms with van der Waals surface area (Å²) in [7, 11) is 0. The minimum atomic E-state index is -0.559. The lowest BCUT2D eigenvalue weighted by molar-refractivity contribution is -0.119. The first-order valence-electron chi connectivity index (χ1n) is 6.55. The second kappa shape index (κ2) is 5.05. The molecule has 0 aliphatic carbocycles. The summed E-state index contributed by atoms with van der Waals surface area (Å²) >= 11 is 0. The first-order valence-corrected chi connectivity index (χ1v) is 6.55. The number of carbonyl (C=O) groups excluding carboxylic acids is 1. The van der Waals surface area contributed by atoms with Gasteiger partial charge >= 0.3 is 0 Å². The van der Waals surface area contributed by atoms with E-state index in [2.05, 4.69) is 9.97 Å². The fraction of sp³-hybridized carbons (Fsp3) is 0.357. The summed E-state index contributed by atoms with van der Waals surface area (Å²) in [5.41, 5.74) is 5.21. The van der Waals surface area contributed by atoms with Gasteiger partial charge in [-0.3, -0.25) is 9.78 Å². The second-order valence-electron chi connectivity index (χ2n) is 5.13. The molecule has 0 radical (unpaired) electrons. The van der Waals surface area contributed by atoms with Crippen molar-refractivity contribution in [2.75, 3.05) is 18.0 Å². The Hall–Kier alpha value is -2.21. The summed E-state index contributed by atoms with van der Waals surface area (Å²) in [5.74, 6) is 0.270. The lowest BCUT2D eigenvalue weighted by Crippen LogP contribution is -2.24. The van der Waals surface area contributed by atoms with E-state index in [9.17, 15) is 9.90 Å². The Morgan fingerprint density at radius 1 is 1.40 bits per heavy atom. The number of aliphatic hydroxyl groups is 1. The van der Waals surface area contributed by atoms with Gasteiger partial charge in [0.25, 0.3) is 0 Å². The van der Waals surface area contributed by atoms with Crippen molar-refractivity contribution in [3.63, 3.8) is 0 Å². The van der Waals surface area contributed by atoms with Gasteiger partial charge in [-0.05, 0) is 17.5 Å². The van der Waals surface area contributed by atoms with Crippen LogP contribution in [0.2, 0.25) is 0 Å². The zero-order valence-electron chi connectivity index (χ0n) is 10.9. The van der Waals surface area contributed by atoms with Crippen molar-refractivity contribution in [3.8, 4) is 0 Å². The standard InChI is InChI=1S/C14H16N4O2/c15-13(20)5-10-7-18(8-12(10)19)14-11-6-16-3-1-9(11)2-4-17-14/h1-4,6,10,12,19H,5,7-8H2,(H2,15,20)/t10-,12-/m1/s1. The molecule has 2 aromatic rings. The third-order valence-corrected chi connectivity index (χ3v) is 3.72. The van der Waals surface area contributed by atoms with Crippen LogP contribution in [-0.4, -0.2) is 40.2 Å². The topological polar surface area (TPSA) is 92.3 Å². The maximum atomic E-state index is 11.0. The molecule has 104 valence electrons. The van der Waals surface area contributed by atoms with Crippen molar-refractivity contribution < 1.29 is 9.90 Å². The number of aromatic nitrogens is 2. The molecule has 1 aliphatic rings. The molecule has 1 fully saturated rings. The van der Waals surface area contributed by atoms with Crippen LogP contribution in [0.4, 0.5) is 5.82 Å². The highest BCUT2D eigenvalue weighted by Crippen LogP contribution is 2.29. The summed E-state index contributed by atoms with van der Waals surface area (Å²) in [6.07, 6.45) is 4.88. The maximum Gasteiger partial charge on any atom is 0.217 e. The zero-order chi connectivity index (χ0) is 14.1. The molecule has 3 N–H and O–H groups in total. The number of nitrogens with two attached hydrogens (primary N) is 1. The molecule has 1 aliphatic heterocycles. The number of rotatable bonds is 3. The normalized spacial score (nSPS) is 22.4. The molecule has 0 unspecified atom stereocenters. The lowest BCUT2D eigenvalue weighted by Gasteiger charge is -2.18. The van der Waals surface area contributed by atoms with Gasteiger partial charge < -0.3 is 15.7 Å². The number of primary amides is 1. The molecule has 1 amide bonds. The van der Waals surface area contributed by atoms with E-state index >= 15 is 0 Å². The molecule has 0 aromatic carbocycles. The third kappa shape index (κ3) is 2.30. The monoisotopic (exact) mass is 272 g/mol. The molecule has 2 aromatic heterocycles. The van der Waals surface area contributed by atoms with Gasteiger partial charge in [-0.25, -0.2) is 4.98 Å². The molecule has 0 spiro atoms. The molecular weight excluding hydrogens is 256 g/mol. The number of amides is 1. The summed E-state index contributed by atoms with van der Waals surface area (Å²) in [4.78, 5) is 21.5. The van der Waals surface area contributed by atoms with Crippen molar-refractivity contribution in [2.24, 2.45) is 11.7 Å². The fourth-order valence-corrected chi connectivity index (χ4v) is 2.73. The van der Waals surface area contributed by atoms with Crippen molar-refractivity contribution in [3.05, 3.63) is 30.7 Å². The molecule has 6 nitrogen and oxygen atoms in total. The SMILES string of the molecule is NC(=O)C[C@@H]1CN(c2nccc3ccncc23)C[C@H]1O. The highest BCUT2D eigenvalue weighted by Gasteiger charge is 2.33. The van der Waals surface area contributed by atoms with E-state index < -0.39 is 6.10 Å². The van der Waals surface area contributed by atoms with Crippen LogP contribution in [0.5, 0.6) is 0 Å². The first-order chi connectivity index (χ1) is 9.65. The Balaban J connectivity index is 1.91. The number of pyridine rings is 2. The predicted octanol–water partition coefficient (Wildman–Crippen LogP) is 0.302. The molecule has 3 rings (SSSR count). The Kier molecular flexibility index (Phi) is 3.23. The average molecular weight is 272 g/mol. The number of β-amino-alcohol motifs (C(OH)–C–C–N with tert-alkyl or cyclic N) is 1. The largest absolute Gasteiger partial charge is 0.391 e. The van der Waals surface area contributed by atoms with E-state index in [0.717, 1.165) is 16.6 Å². The lowest BCUT2D eigenvalue weighted by atomic mass is 10.0. The van der Waals surface area contributed by atoms with Crippen molar-refractivity contribution in [1.29, 1.82) is 0 Å². The van der Waals surface area contributed by atoms with Gasteiger partial charge in [0, 0.05) is 49.4 Å². The van der Waals surface area contributed by atoms with Gasteiger partial charge in [0.2, 0.25) is 5.91 Å². The smallest absolute Gasteiger partial charge is 0.217 e. The third-order valence-electron chi connectivity index (χ3n) is 3.72. The van der Waals surface area contributed by atoms with Crippen molar-refractivity contribution in [2.45, 2.75) is 12.5 Å². The molecule has 1 saturated heterocycles. The number of anilines is 1. The van der Waals surface area contributed by atoms with E-state index in [1.807, 2.05) is 17.0 Å². The van der Waals surface area contributed by atoms with Crippen LogP contribution in [0.25, 0.3) is 10.8 Å². The van der Waals surface area contributed by atoms with Crippen LogP contribution in [-0.2, 0) is 4.79 Å². The van der Waals surface area contributed by atoms with Crippen LogP contribution in [0.1, 0.15) is 6.42 Å². The predicted molar refractivity (Wildman–Crippen MR) is 75.1 cm³/mol. The summed E-state index contributed by atoms with van der Waals surface area (Å²) in [6.45, 7) is 1.03. The first kappa shape index (κ1) is 12.8. The van der Waals surface area contributed by atoms with Gasteiger partial charge in [-0.2, -0.15) is 0 Å². The van der Waals surface area contributed by atoms with E-state index in [0.29, 0.717) is 13.1 Å². The quantitative estimate of drug-likeness (QED) is 0.838. The van der Waals surface area contributed by atoms with Crippen LogP contribution in [0, 0.1) is 5.92 Å². The van der Waals surface area contributed by atoms with E-state index in [4.69, 9.17) is 5.73 Å². The van der Waals surface area contributed by atoms with E-state index in [1.54, 1.807) is 18.6 Å². The van der Waals surface area contributed by atoms with Gasteiger partial charge in [0.05, 0.1) is 6.10 Å². The number of fused-ring (bicyclic) bond motifs is 1. The Bertz CT molecular complexity index is 641. The number of hydrogen-bond acceptors (Lipinski definition) is 5. The van der Waals surface area contributed by atoms with E-state index in [-0.39, 0.29) is 18.2 Å². The van der Waals surface area contributed by atoms with E-state index in [1.165, 1.54) is 0 Å². The van der Waals surface area contributed by atoms with Crippen molar-refractivity contribution in [1.82, 2.24) is 9.97 Å². The molecule has 2 atom stereocenters. The van der Waals surface area contributed by atoms with Gasteiger partial charge in [-0.15, -0.1) is 0 Å². The molecule has 0 saturated carbocycles. The van der Waals surface area contributed by atoms with Crippen LogP contribution in [0.3, 0.4) is 0 Å². The molecule has 3 heterocycles. The molecule has 20 heavy (non-hydrogen) atoms. The maximum absolute atomic E-state index is 11.0. The Morgan fingerprint density at radius 2 is 2.20 bits per heavy atom. The average Bonchev–Trinajstić information content (AvgIpc) is 2.78. The minimum Gasteiger partial charge on any atom is -0.391 e. The number of aliphatic hydroxyl groups excluding tert-OH is 1. The van der Waals surface area contributed by atoms with Gasteiger partial charge in [0.15, 0.2) is 0 Å². The summed E-state index contributed by atoms with van der Waals surface area (Å²) in [5, 5.41) is 12.0. The highest BCUT2D eigenvalue weighted by atomic mass is 16.3. The van der Waals surface area contributed by atoms with Crippen LogP contribution in [0.15, 0.2) is 30.7 Å². The van der Waals surface area contributed by atoms with Gasteiger partial charge in [-0.1, -0.05) is 0 Å². The fourth-order valence-electron chi connectivity index (χ4n) is 2.73. The van der Waals surface area contributed by atoms with Crippen LogP contribution >= 0.6 is 0 Å². The minimum absolute atomic E-state index is 0.138. The Labute approximate surface area is 116 Å². The van der Waals surface area contributed by atoms with Gasteiger partial charge in [0.1, 0.15) is 5.82 Å². The number of carbonyl (C=O) groups is 1. The highest BCUT2D eigenvalue weighted by molar-refractivity contribution is 5.91. The number of hydrogen-bond donors (Lipinski definition) is 2. The summed E-state index contributed by atoms with van der Waals surface area (Å²) < 4.78 is 0. The molecule has 0 bridgehead atoms. The van der Waals surface area contributed by atoms with Crippen LogP contribution < -0.4 is 10.6 Å². The van der Waals surface area contributed by atoms with Crippen molar-refractivity contribution >= 4 is 22.5 Å². The second-order valence-corrected chi connectivity index (χ2v) is 5.13. The number of nitrogens with zero attached hydrogens (tertiary/aromatic N) is 3. The zero-order valence-corrected chi connectivity index (χ0v) is 10.9. The Morgan fingerprint density at radius 3 is 3.00 bits per heavy atom. The summed E-state index contributed by atoms with van der Waals surface area (Å²) in [6, 6.07) is 3.85. The molecular formula is C14H16N4O2. The molecule has 6 heteroatoms.